The zero-order chi connectivity index (χ0) is 12.1. The third-order valence-corrected chi connectivity index (χ3v) is 3.44. The Hall–Kier alpha value is -1.03. The van der Waals surface area contributed by atoms with E-state index in [0.717, 1.165) is 36.0 Å². The minimum Gasteiger partial charge on any atom is -0.492 e. The molecule has 0 saturated carbocycles. The molecule has 0 radical (unpaired) electrons. The van der Waals surface area contributed by atoms with Crippen molar-refractivity contribution in [2.24, 2.45) is 0 Å². The molecule has 17 heavy (non-hydrogen) atoms. The van der Waals surface area contributed by atoms with Gasteiger partial charge in [0.25, 0.3) is 0 Å². The van der Waals surface area contributed by atoms with Crippen LogP contribution in [0.5, 0.6) is 5.75 Å². The van der Waals surface area contributed by atoms with Gasteiger partial charge in [0.2, 0.25) is 5.91 Å². The molecule has 3 nitrogen and oxygen atoms in total. The highest BCUT2D eigenvalue weighted by atomic mass is 79.9. The van der Waals surface area contributed by atoms with Crippen molar-refractivity contribution in [3.8, 4) is 5.75 Å². The molecular weight excluding hydrogens is 282 g/mol. The number of fused-ring (bicyclic) bond motifs is 1. The molecule has 1 aromatic rings. The molecular formula is C13H16BrNO2. The Morgan fingerprint density at radius 1 is 1.41 bits per heavy atom. The third kappa shape index (κ3) is 3.00. The number of alkyl halides is 1. The average molecular weight is 298 g/mol. The van der Waals surface area contributed by atoms with E-state index < -0.39 is 0 Å². The molecule has 1 aliphatic heterocycles. The first-order valence-electron chi connectivity index (χ1n) is 5.88. The molecule has 0 bridgehead atoms. The number of para-hydroxylation sites is 1. The van der Waals surface area contributed by atoms with Gasteiger partial charge in [-0.1, -0.05) is 34.1 Å². The molecule has 4 heteroatoms. The van der Waals surface area contributed by atoms with Gasteiger partial charge in [0, 0.05) is 17.4 Å². The lowest BCUT2D eigenvalue weighted by Gasteiger charge is -2.09. The van der Waals surface area contributed by atoms with E-state index in [2.05, 4.69) is 21.2 Å². The van der Waals surface area contributed by atoms with Crippen molar-refractivity contribution in [2.75, 3.05) is 18.5 Å². The Morgan fingerprint density at radius 3 is 3.06 bits per heavy atom. The molecule has 1 unspecified atom stereocenters. The van der Waals surface area contributed by atoms with Crippen molar-refractivity contribution < 1.29 is 9.53 Å². The summed E-state index contributed by atoms with van der Waals surface area (Å²) in [5, 5.41) is 3.94. The lowest BCUT2D eigenvalue weighted by molar-refractivity contribution is -0.122. The second-order valence-electron chi connectivity index (χ2n) is 4.09. The van der Waals surface area contributed by atoms with Gasteiger partial charge in [0.15, 0.2) is 0 Å². The number of amides is 1. The van der Waals surface area contributed by atoms with Crippen molar-refractivity contribution in [1.82, 2.24) is 5.32 Å². The molecule has 0 aliphatic carbocycles. The van der Waals surface area contributed by atoms with E-state index in [9.17, 15) is 4.79 Å². The summed E-state index contributed by atoms with van der Waals surface area (Å²) in [6.07, 6.45) is 2.09. The fourth-order valence-corrected chi connectivity index (χ4v) is 2.33. The number of ether oxygens (including phenoxy) is 1. The minimum atomic E-state index is -0.143. The molecule has 1 N–H and O–H groups in total. The number of rotatable bonds is 5. The topological polar surface area (TPSA) is 38.3 Å². The number of hydrogen-bond donors (Lipinski definition) is 1. The summed E-state index contributed by atoms with van der Waals surface area (Å²) >= 11 is 3.37. The molecule has 2 rings (SSSR count). The van der Waals surface area contributed by atoms with Crippen LogP contribution in [0.15, 0.2) is 24.3 Å². The summed E-state index contributed by atoms with van der Waals surface area (Å²) in [4.78, 5) is 12.0. The van der Waals surface area contributed by atoms with E-state index >= 15 is 0 Å². The first-order valence-corrected chi connectivity index (χ1v) is 7.00. The third-order valence-electron chi connectivity index (χ3n) is 2.88. The van der Waals surface area contributed by atoms with Crippen LogP contribution >= 0.6 is 15.9 Å². The number of carbonyl (C=O) groups excluding carboxylic acids is 1. The Bertz CT molecular complexity index is 395. The maximum atomic E-state index is 12.0. The highest BCUT2D eigenvalue weighted by Gasteiger charge is 2.29. The Morgan fingerprint density at radius 2 is 2.24 bits per heavy atom. The number of benzene rings is 1. The van der Waals surface area contributed by atoms with E-state index in [0.29, 0.717) is 6.61 Å². The summed E-state index contributed by atoms with van der Waals surface area (Å²) in [7, 11) is 0. The summed E-state index contributed by atoms with van der Waals surface area (Å²) in [5.74, 6) is 0.771. The summed E-state index contributed by atoms with van der Waals surface area (Å²) < 4.78 is 5.49. The van der Waals surface area contributed by atoms with Gasteiger partial charge in [0.05, 0.1) is 0 Å². The summed E-state index contributed by atoms with van der Waals surface area (Å²) in [6, 6.07) is 7.74. The molecule has 0 spiro atoms. The van der Waals surface area contributed by atoms with Crippen molar-refractivity contribution in [3.63, 3.8) is 0 Å². The van der Waals surface area contributed by atoms with E-state index in [1.807, 2.05) is 24.3 Å². The molecule has 1 heterocycles. The average Bonchev–Trinajstić information content (AvgIpc) is 2.78. The van der Waals surface area contributed by atoms with E-state index in [1.165, 1.54) is 0 Å². The van der Waals surface area contributed by atoms with Crippen LogP contribution in [0.3, 0.4) is 0 Å². The number of unbranched alkanes of at least 4 members (excludes halogenated alkanes) is 1. The van der Waals surface area contributed by atoms with Gasteiger partial charge in [0.1, 0.15) is 18.3 Å². The zero-order valence-corrected chi connectivity index (χ0v) is 11.2. The zero-order valence-electron chi connectivity index (χ0n) is 9.62. The summed E-state index contributed by atoms with van der Waals surface area (Å²) in [5.41, 5.74) is 1.01. The van der Waals surface area contributed by atoms with Gasteiger partial charge in [-0.25, -0.2) is 0 Å². The lowest BCUT2D eigenvalue weighted by atomic mass is 10.0. The minimum absolute atomic E-state index is 0.0736. The second kappa shape index (κ2) is 6.05. The molecule has 1 aliphatic rings. The molecule has 1 aromatic carbocycles. The van der Waals surface area contributed by atoms with Crippen LogP contribution in [0, 0.1) is 0 Å². The van der Waals surface area contributed by atoms with Crippen molar-refractivity contribution in [2.45, 2.75) is 18.8 Å². The smallest absolute Gasteiger partial charge is 0.231 e. The first kappa shape index (κ1) is 12.4. The van der Waals surface area contributed by atoms with Gasteiger partial charge >= 0.3 is 0 Å². The van der Waals surface area contributed by atoms with E-state index in [-0.39, 0.29) is 11.8 Å². The van der Waals surface area contributed by atoms with Crippen LogP contribution in [0.25, 0.3) is 0 Å². The van der Waals surface area contributed by atoms with Crippen LogP contribution in [0.1, 0.15) is 24.3 Å². The SMILES string of the molecule is O=C(NCCCCBr)C1COc2ccccc21. The van der Waals surface area contributed by atoms with Crippen molar-refractivity contribution in [3.05, 3.63) is 29.8 Å². The largest absolute Gasteiger partial charge is 0.492 e. The van der Waals surface area contributed by atoms with E-state index in [4.69, 9.17) is 4.74 Å². The standard InChI is InChI=1S/C13H16BrNO2/c14-7-3-4-8-15-13(16)11-9-17-12-6-2-1-5-10(11)12/h1-2,5-6,11H,3-4,7-9H2,(H,15,16). The summed E-state index contributed by atoms with van der Waals surface area (Å²) in [6.45, 7) is 1.20. The van der Waals surface area contributed by atoms with E-state index in [1.54, 1.807) is 0 Å². The van der Waals surface area contributed by atoms with Crippen molar-refractivity contribution >= 4 is 21.8 Å². The lowest BCUT2D eigenvalue weighted by Crippen LogP contribution is -2.30. The van der Waals surface area contributed by atoms with Crippen LogP contribution < -0.4 is 10.1 Å². The maximum Gasteiger partial charge on any atom is 0.231 e. The highest BCUT2D eigenvalue weighted by molar-refractivity contribution is 9.09. The number of nitrogens with one attached hydrogen (secondary N) is 1. The Labute approximate surface area is 110 Å². The molecule has 1 amide bonds. The van der Waals surface area contributed by atoms with Crippen LogP contribution in [-0.2, 0) is 4.79 Å². The first-order chi connectivity index (χ1) is 8.33. The predicted octanol–water partition coefficient (Wildman–Crippen LogP) is 2.45. The molecule has 92 valence electrons. The fraction of sp³-hybridized carbons (Fsp3) is 0.462. The maximum absolute atomic E-state index is 12.0. The Balaban J connectivity index is 1.89. The Kier molecular flexibility index (Phi) is 4.42. The second-order valence-corrected chi connectivity index (χ2v) is 4.88. The fourth-order valence-electron chi connectivity index (χ4n) is 1.93. The van der Waals surface area contributed by atoms with Gasteiger partial charge in [-0.3, -0.25) is 4.79 Å². The number of carbonyl (C=O) groups is 1. The van der Waals surface area contributed by atoms with Gasteiger partial charge in [-0.15, -0.1) is 0 Å². The normalized spacial score (nSPS) is 17.4. The van der Waals surface area contributed by atoms with Gasteiger partial charge in [-0.2, -0.15) is 0 Å². The van der Waals surface area contributed by atoms with Crippen LogP contribution in [0.4, 0.5) is 0 Å². The quantitative estimate of drug-likeness (QED) is 0.670. The van der Waals surface area contributed by atoms with Crippen molar-refractivity contribution in [1.29, 1.82) is 0 Å². The molecule has 0 fully saturated rings. The highest BCUT2D eigenvalue weighted by Crippen LogP contribution is 2.33. The number of hydrogen-bond acceptors (Lipinski definition) is 2. The molecule has 1 atom stereocenters. The van der Waals surface area contributed by atoms with Gasteiger partial charge in [-0.05, 0) is 18.9 Å². The van der Waals surface area contributed by atoms with Gasteiger partial charge < -0.3 is 10.1 Å². The number of halogens is 1. The monoisotopic (exact) mass is 297 g/mol. The molecule has 0 saturated heterocycles. The van der Waals surface area contributed by atoms with Crippen LogP contribution in [0.2, 0.25) is 0 Å². The van der Waals surface area contributed by atoms with Crippen LogP contribution in [-0.4, -0.2) is 24.4 Å². The predicted molar refractivity (Wildman–Crippen MR) is 70.7 cm³/mol. The molecule has 0 aromatic heterocycles.